The molecule has 0 spiro atoms. The minimum atomic E-state index is -0.889. The molecule has 0 bridgehead atoms. The van der Waals surface area contributed by atoms with Gasteiger partial charge in [-0.15, -0.1) is 0 Å². The van der Waals surface area contributed by atoms with Gasteiger partial charge in [0, 0.05) is 18.0 Å². The molecule has 0 saturated carbocycles. The number of aliphatic carboxylic acids is 1. The quantitative estimate of drug-likeness (QED) is 0.852. The van der Waals surface area contributed by atoms with Crippen LogP contribution in [0.1, 0.15) is 30.3 Å². The monoisotopic (exact) mass is 321 g/mol. The van der Waals surface area contributed by atoms with E-state index in [2.05, 4.69) is 5.32 Å². The lowest BCUT2D eigenvalue weighted by molar-refractivity contribution is -0.137. The van der Waals surface area contributed by atoms with Crippen LogP contribution >= 0.6 is 11.6 Å². The molecule has 1 heterocycles. The van der Waals surface area contributed by atoms with E-state index in [1.165, 1.54) is 0 Å². The summed E-state index contributed by atoms with van der Waals surface area (Å²) >= 11 is 6.09. The zero-order chi connectivity index (χ0) is 16.1. The summed E-state index contributed by atoms with van der Waals surface area (Å²) in [6.45, 7) is 1.75. The summed E-state index contributed by atoms with van der Waals surface area (Å²) in [4.78, 5) is 22.6. The Hall–Kier alpha value is -2.27. The molecule has 0 saturated heterocycles. The molecule has 0 fully saturated rings. The molecule has 2 aromatic rings. The maximum atomic E-state index is 12.0. The molecule has 5 nitrogen and oxygen atoms in total. The maximum Gasteiger partial charge on any atom is 0.303 e. The Balaban J connectivity index is 2.03. The summed E-state index contributed by atoms with van der Waals surface area (Å²) in [6, 6.07) is 10.2. The number of carboxylic acids is 1. The zero-order valence-corrected chi connectivity index (χ0v) is 12.8. The van der Waals surface area contributed by atoms with E-state index in [1.807, 2.05) is 12.1 Å². The lowest BCUT2D eigenvalue weighted by atomic mass is 10.2. The minimum Gasteiger partial charge on any atom is -0.481 e. The van der Waals surface area contributed by atoms with Crippen LogP contribution in [0.5, 0.6) is 0 Å². The van der Waals surface area contributed by atoms with Crippen molar-refractivity contribution in [1.29, 1.82) is 0 Å². The van der Waals surface area contributed by atoms with Crippen LogP contribution in [0.25, 0.3) is 11.3 Å². The van der Waals surface area contributed by atoms with Crippen molar-refractivity contribution in [2.45, 2.75) is 25.8 Å². The van der Waals surface area contributed by atoms with Gasteiger partial charge in [-0.25, -0.2) is 0 Å². The average Bonchev–Trinajstić information content (AvgIpc) is 2.95. The molecule has 0 aliphatic rings. The highest BCUT2D eigenvalue weighted by atomic mass is 35.5. The lowest BCUT2D eigenvalue weighted by Crippen LogP contribution is -2.32. The zero-order valence-electron chi connectivity index (χ0n) is 12.0. The van der Waals surface area contributed by atoms with Crippen molar-refractivity contribution in [2.75, 3.05) is 0 Å². The molecule has 2 N–H and O–H groups in total. The minimum absolute atomic E-state index is 0.00444. The van der Waals surface area contributed by atoms with Crippen LogP contribution in [0.15, 0.2) is 40.8 Å². The summed E-state index contributed by atoms with van der Waals surface area (Å²) in [5.74, 6) is -0.595. The van der Waals surface area contributed by atoms with Crippen LogP contribution in [0.4, 0.5) is 0 Å². The summed E-state index contributed by atoms with van der Waals surface area (Å²) < 4.78 is 5.53. The number of rotatable bonds is 6. The first-order valence-electron chi connectivity index (χ1n) is 6.84. The normalized spacial score (nSPS) is 11.9. The van der Waals surface area contributed by atoms with E-state index < -0.39 is 5.97 Å². The standard InChI is InChI=1S/C16H16ClNO4/c1-10(6-9-15(19)20)18-16(21)14-8-7-13(22-14)11-4-2-3-5-12(11)17/h2-5,7-8,10H,6,9H2,1H3,(H,18,21)(H,19,20). The number of carbonyl (C=O) groups excluding carboxylic acids is 1. The molecule has 0 aliphatic carbocycles. The van der Waals surface area contributed by atoms with Crippen LogP contribution in [-0.2, 0) is 4.79 Å². The van der Waals surface area contributed by atoms with Crippen molar-refractivity contribution in [3.63, 3.8) is 0 Å². The third kappa shape index (κ3) is 4.11. The van der Waals surface area contributed by atoms with Crippen molar-refractivity contribution in [3.8, 4) is 11.3 Å². The van der Waals surface area contributed by atoms with E-state index in [0.717, 1.165) is 0 Å². The first-order chi connectivity index (χ1) is 10.5. The molecule has 1 atom stereocenters. The van der Waals surface area contributed by atoms with Gasteiger partial charge in [-0.2, -0.15) is 0 Å². The first kappa shape index (κ1) is 16.1. The van der Waals surface area contributed by atoms with E-state index in [9.17, 15) is 9.59 Å². The highest BCUT2D eigenvalue weighted by Crippen LogP contribution is 2.29. The number of benzene rings is 1. The number of furan rings is 1. The molecule has 1 amide bonds. The third-order valence-electron chi connectivity index (χ3n) is 3.14. The number of hydrogen-bond acceptors (Lipinski definition) is 3. The van der Waals surface area contributed by atoms with E-state index >= 15 is 0 Å². The number of amides is 1. The number of nitrogens with one attached hydrogen (secondary N) is 1. The molecular formula is C16H16ClNO4. The topological polar surface area (TPSA) is 79.5 Å². The Morgan fingerprint density at radius 1 is 1.27 bits per heavy atom. The Bertz CT molecular complexity index is 680. The van der Waals surface area contributed by atoms with E-state index in [4.69, 9.17) is 21.1 Å². The van der Waals surface area contributed by atoms with Crippen molar-refractivity contribution < 1.29 is 19.1 Å². The van der Waals surface area contributed by atoms with Gasteiger partial charge >= 0.3 is 5.97 Å². The Kier molecular flexibility index (Phi) is 5.22. The second-order valence-electron chi connectivity index (χ2n) is 4.95. The van der Waals surface area contributed by atoms with E-state index in [0.29, 0.717) is 22.8 Å². The summed E-state index contributed by atoms with van der Waals surface area (Å²) in [7, 11) is 0. The molecule has 22 heavy (non-hydrogen) atoms. The van der Waals surface area contributed by atoms with Crippen molar-refractivity contribution >= 4 is 23.5 Å². The van der Waals surface area contributed by atoms with Gasteiger partial charge in [0.2, 0.25) is 0 Å². The van der Waals surface area contributed by atoms with Crippen LogP contribution in [0.2, 0.25) is 5.02 Å². The van der Waals surface area contributed by atoms with Crippen LogP contribution in [0, 0.1) is 0 Å². The number of carboxylic acid groups (broad SMARTS) is 1. The fraction of sp³-hybridized carbons (Fsp3) is 0.250. The van der Waals surface area contributed by atoms with Gasteiger partial charge in [0.25, 0.3) is 5.91 Å². The summed E-state index contributed by atoms with van der Waals surface area (Å²) in [5, 5.41) is 11.9. The molecule has 1 aromatic carbocycles. The molecule has 0 radical (unpaired) electrons. The van der Waals surface area contributed by atoms with Gasteiger partial charge in [0.1, 0.15) is 5.76 Å². The fourth-order valence-electron chi connectivity index (χ4n) is 1.97. The highest BCUT2D eigenvalue weighted by molar-refractivity contribution is 6.33. The second-order valence-corrected chi connectivity index (χ2v) is 5.36. The number of carbonyl (C=O) groups is 2. The largest absolute Gasteiger partial charge is 0.481 e. The predicted octanol–water partition coefficient (Wildman–Crippen LogP) is 3.58. The predicted molar refractivity (Wildman–Crippen MR) is 83.0 cm³/mol. The van der Waals surface area contributed by atoms with Gasteiger partial charge in [-0.05, 0) is 37.6 Å². The maximum absolute atomic E-state index is 12.0. The molecular weight excluding hydrogens is 306 g/mol. The van der Waals surface area contributed by atoms with Crippen molar-refractivity contribution in [2.24, 2.45) is 0 Å². The lowest BCUT2D eigenvalue weighted by Gasteiger charge is -2.11. The SMILES string of the molecule is CC(CCC(=O)O)NC(=O)c1ccc(-c2ccccc2Cl)o1. The Labute approximate surface area is 132 Å². The van der Waals surface area contributed by atoms with Gasteiger partial charge < -0.3 is 14.8 Å². The summed E-state index contributed by atoms with van der Waals surface area (Å²) in [5.41, 5.74) is 0.710. The van der Waals surface area contributed by atoms with Crippen molar-refractivity contribution in [3.05, 3.63) is 47.2 Å². The highest BCUT2D eigenvalue weighted by Gasteiger charge is 2.16. The molecule has 6 heteroatoms. The van der Waals surface area contributed by atoms with Crippen molar-refractivity contribution in [1.82, 2.24) is 5.32 Å². The number of halogens is 1. The second kappa shape index (κ2) is 7.13. The van der Waals surface area contributed by atoms with Gasteiger partial charge in [-0.3, -0.25) is 9.59 Å². The third-order valence-corrected chi connectivity index (χ3v) is 3.47. The molecule has 0 aliphatic heterocycles. The van der Waals surface area contributed by atoms with Crippen LogP contribution in [-0.4, -0.2) is 23.0 Å². The molecule has 1 unspecified atom stereocenters. The van der Waals surface area contributed by atoms with Gasteiger partial charge in [0.15, 0.2) is 5.76 Å². The molecule has 116 valence electrons. The fourth-order valence-corrected chi connectivity index (χ4v) is 2.20. The van der Waals surface area contributed by atoms with E-state index in [1.54, 1.807) is 31.2 Å². The van der Waals surface area contributed by atoms with Crippen LogP contribution in [0.3, 0.4) is 0 Å². The summed E-state index contributed by atoms with van der Waals surface area (Å²) in [6.07, 6.45) is 0.365. The smallest absolute Gasteiger partial charge is 0.303 e. The first-order valence-corrected chi connectivity index (χ1v) is 7.22. The van der Waals surface area contributed by atoms with Gasteiger partial charge in [0.05, 0.1) is 5.02 Å². The van der Waals surface area contributed by atoms with Crippen LogP contribution < -0.4 is 5.32 Å². The Morgan fingerprint density at radius 3 is 2.68 bits per heavy atom. The molecule has 1 aromatic heterocycles. The number of hydrogen-bond donors (Lipinski definition) is 2. The Morgan fingerprint density at radius 2 is 2.00 bits per heavy atom. The average molecular weight is 322 g/mol. The van der Waals surface area contributed by atoms with Gasteiger partial charge in [-0.1, -0.05) is 23.7 Å². The molecule has 2 rings (SSSR count). The van der Waals surface area contributed by atoms with E-state index in [-0.39, 0.29) is 24.1 Å².